The first kappa shape index (κ1) is 13.1. The Morgan fingerprint density at radius 1 is 1.11 bits per heavy atom. The average Bonchev–Trinajstić information content (AvgIpc) is 2.86. The largest absolute Gasteiger partial charge is 0.283 e. The summed E-state index contributed by atoms with van der Waals surface area (Å²) >= 11 is 9.97. The zero-order valence-corrected chi connectivity index (χ0v) is 11.7. The van der Waals surface area contributed by atoms with Crippen molar-refractivity contribution in [2.45, 2.75) is 0 Å². The van der Waals surface area contributed by atoms with Crippen molar-refractivity contribution < 1.29 is 4.79 Å². The minimum Gasteiger partial charge on any atom is -0.283 e. The van der Waals surface area contributed by atoms with Gasteiger partial charge in [-0.3, -0.25) is 15.6 Å². The molecule has 1 heterocycles. The Morgan fingerprint density at radius 2 is 1.83 bits per heavy atom. The Labute approximate surface area is 120 Å². The van der Waals surface area contributed by atoms with Crippen LogP contribution < -0.4 is 10.9 Å². The molecular weight excluding hydrogens is 284 g/mol. The van der Waals surface area contributed by atoms with Gasteiger partial charge in [-0.1, -0.05) is 42.5 Å². The van der Waals surface area contributed by atoms with Crippen molar-refractivity contribution in [2.24, 2.45) is 0 Å². The molecule has 0 bridgehead atoms. The Balaban J connectivity index is 2.11. The van der Waals surface area contributed by atoms with Crippen LogP contribution in [0, 0.1) is 0 Å². The van der Waals surface area contributed by atoms with Crippen LogP contribution in [0.5, 0.6) is 0 Å². The van der Waals surface area contributed by atoms with Crippen LogP contribution in [0.15, 0.2) is 42.5 Å². The van der Waals surface area contributed by atoms with Gasteiger partial charge in [0.05, 0.1) is 4.88 Å². The van der Waals surface area contributed by atoms with Crippen molar-refractivity contribution >= 4 is 46.4 Å². The third-order valence-electron chi connectivity index (χ3n) is 2.17. The molecule has 2 aromatic rings. The lowest BCUT2D eigenvalue weighted by Crippen LogP contribution is -2.38. The van der Waals surface area contributed by atoms with Crippen molar-refractivity contribution in [3.05, 3.63) is 47.3 Å². The van der Waals surface area contributed by atoms with Gasteiger partial charge in [-0.05, 0) is 17.7 Å². The summed E-state index contributed by atoms with van der Waals surface area (Å²) in [5.74, 6) is -0.224. The average molecular weight is 294 g/mol. The molecule has 1 amide bonds. The number of nitrogens with one attached hydrogen (secondary N) is 2. The number of hydrogen-bond donors (Lipinski definition) is 3. The predicted molar refractivity (Wildman–Crippen MR) is 81.9 cm³/mol. The first-order valence-corrected chi connectivity index (χ1v) is 6.78. The molecule has 92 valence electrons. The number of thiocarbonyl (C=S) groups is 1. The van der Waals surface area contributed by atoms with Gasteiger partial charge in [0, 0.05) is 4.88 Å². The quantitative estimate of drug-likeness (QED) is 0.453. The van der Waals surface area contributed by atoms with Gasteiger partial charge < -0.3 is 0 Å². The maximum atomic E-state index is 11.7. The molecule has 18 heavy (non-hydrogen) atoms. The van der Waals surface area contributed by atoms with Crippen LogP contribution in [0.3, 0.4) is 0 Å². The molecule has 0 aliphatic rings. The summed E-state index contributed by atoms with van der Waals surface area (Å²) < 4.78 is 0.225. The maximum Gasteiger partial charge on any atom is 0.279 e. The molecule has 1 aromatic heterocycles. The molecule has 2 N–H and O–H groups in total. The molecule has 0 aliphatic carbocycles. The number of thiophene rings is 1. The second kappa shape index (κ2) is 5.99. The van der Waals surface area contributed by atoms with Crippen molar-refractivity contribution in [3.63, 3.8) is 0 Å². The van der Waals surface area contributed by atoms with Crippen LogP contribution in [0.1, 0.15) is 9.67 Å². The normalized spacial score (nSPS) is 9.83. The van der Waals surface area contributed by atoms with E-state index in [1.165, 1.54) is 11.3 Å². The summed E-state index contributed by atoms with van der Waals surface area (Å²) in [6.45, 7) is 0. The molecular formula is C12H10N2OS3. The monoisotopic (exact) mass is 294 g/mol. The number of carbonyl (C=O) groups is 1. The van der Waals surface area contributed by atoms with Crippen molar-refractivity contribution in [1.29, 1.82) is 0 Å². The zero-order valence-electron chi connectivity index (χ0n) is 9.21. The summed E-state index contributed by atoms with van der Waals surface area (Å²) in [5.41, 5.74) is 6.06. The van der Waals surface area contributed by atoms with E-state index < -0.39 is 0 Å². The van der Waals surface area contributed by atoms with Gasteiger partial charge in [-0.25, -0.2) is 0 Å². The third-order valence-corrected chi connectivity index (χ3v) is 3.52. The lowest BCUT2D eigenvalue weighted by atomic mass is 10.2. The first-order chi connectivity index (χ1) is 8.66. The second-order valence-electron chi connectivity index (χ2n) is 3.41. The summed E-state index contributed by atoms with van der Waals surface area (Å²) in [7, 11) is 0. The maximum absolute atomic E-state index is 11.7. The highest BCUT2D eigenvalue weighted by Crippen LogP contribution is 2.27. The minimum atomic E-state index is -0.224. The van der Waals surface area contributed by atoms with Crippen LogP contribution in [0.2, 0.25) is 0 Å². The lowest BCUT2D eigenvalue weighted by Gasteiger charge is -2.03. The van der Waals surface area contributed by atoms with Gasteiger partial charge >= 0.3 is 0 Å². The van der Waals surface area contributed by atoms with Gasteiger partial charge in [-0.2, -0.15) is 0 Å². The summed E-state index contributed by atoms with van der Waals surface area (Å²) in [6.07, 6.45) is 0. The summed E-state index contributed by atoms with van der Waals surface area (Å²) in [5, 5.41) is 0. The van der Waals surface area contributed by atoms with E-state index in [9.17, 15) is 4.79 Å². The van der Waals surface area contributed by atoms with Gasteiger partial charge in [0.1, 0.15) is 4.32 Å². The molecule has 3 nitrogen and oxygen atoms in total. The highest BCUT2D eigenvalue weighted by Gasteiger charge is 2.09. The molecule has 0 radical (unpaired) electrons. The molecule has 0 fully saturated rings. The number of amides is 1. The fraction of sp³-hybridized carbons (Fsp3) is 0. The smallest absolute Gasteiger partial charge is 0.279 e. The van der Waals surface area contributed by atoms with Crippen LogP contribution >= 0.6 is 36.2 Å². The van der Waals surface area contributed by atoms with E-state index in [0.717, 1.165) is 10.4 Å². The number of hydrazine groups is 1. The topological polar surface area (TPSA) is 41.1 Å². The van der Waals surface area contributed by atoms with Gasteiger partial charge in [0.25, 0.3) is 5.91 Å². The third kappa shape index (κ3) is 3.32. The highest BCUT2D eigenvalue weighted by molar-refractivity contribution is 8.11. The minimum absolute atomic E-state index is 0.224. The van der Waals surface area contributed by atoms with Crippen molar-refractivity contribution in [1.82, 2.24) is 10.9 Å². The standard InChI is InChI=1S/C12H10N2OS3/c15-11(13-14-12(16)17)10-7-6-9(18-10)8-4-2-1-3-5-8/h1-7H,(H,13,15)(H2,14,16,17). The Bertz CT molecular complexity index is 566. The van der Waals surface area contributed by atoms with E-state index in [4.69, 9.17) is 0 Å². The van der Waals surface area contributed by atoms with Crippen molar-refractivity contribution in [3.8, 4) is 10.4 Å². The molecule has 0 aliphatic heterocycles. The number of hydrogen-bond acceptors (Lipinski definition) is 3. The summed E-state index contributed by atoms with van der Waals surface area (Å²) in [6, 6.07) is 13.6. The predicted octanol–water partition coefficient (Wildman–Crippen LogP) is 2.86. The van der Waals surface area contributed by atoms with Gasteiger partial charge in [0.15, 0.2) is 0 Å². The Hall–Kier alpha value is -1.37. The fourth-order valence-corrected chi connectivity index (χ4v) is 2.40. The van der Waals surface area contributed by atoms with E-state index in [1.54, 1.807) is 6.07 Å². The molecule has 0 saturated heterocycles. The lowest BCUT2D eigenvalue weighted by molar-refractivity contribution is 0.0949. The van der Waals surface area contributed by atoms with E-state index in [0.29, 0.717) is 4.88 Å². The number of carbonyl (C=O) groups excluding carboxylic acids is 1. The van der Waals surface area contributed by atoms with Gasteiger partial charge in [0.2, 0.25) is 0 Å². The van der Waals surface area contributed by atoms with E-state index >= 15 is 0 Å². The fourth-order valence-electron chi connectivity index (χ4n) is 1.39. The van der Waals surface area contributed by atoms with E-state index in [2.05, 4.69) is 35.7 Å². The molecule has 1 aromatic carbocycles. The molecule has 0 atom stereocenters. The SMILES string of the molecule is O=C(NNC(=S)S)c1ccc(-c2ccccc2)s1. The summed E-state index contributed by atoms with van der Waals surface area (Å²) in [4.78, 5) is 13.4. The van der Waals surface area contributed by atoms with Gasteiger partial charge in [-0.15, -0.1) is 24.0 Å². The van der Waals surface area contributed by atoms with E-state index in [1.807, 2.05) is 36.4 Å². The first-order valence-electron chi connectivity index (χ1n) is 5.11. The van der Waals surface area contributed by atoms with Crippen LogP contribution in [-0.2, 0) is 0 Å². The molecule has 2 rings (SSSR count). The molecule has 6 heteroatoms. The Morgan fingerprint density at radius 3 is 2.50 bits per heavy atom. The van der Waals surface area contributed by atoms with Crippen LogP contribution in [0.4, 0.5) is 0 Å². The molecule has 0 spiro atoms. The van der Waals surface area contributed by atoms with Crippen LogP contribution in [0.25, 0.3) is 10.4 Å². The van der Waals surface area contributed by atoms with E-state index in [-0.39, 0.29) is 10.2 Å². The zero-order chi connectivity index (χ0) is 13.0. The number of rotatable bonds is 2. The number of thiol groups is 1. The second-order valence-corrected chi connectivity index (χ2v) is 5.66. The highest BCUT2D eigenvalue weighted by atomic mass is 32.1. The number of benzene rings is 1. The Kier molecular flexibility index (Phi) is 4.35. The molecule has 0 saturated carbocycles. The van der Waals surface area contributed by atoms with Crippen LogP contribution in [-0.4, -0.2) is 10.2 Å². The van der Waals surface area contributed by atoms with Crippen molar-refractivity contribution in [2.75, 3.05) is 0 Å². The molecule has 0 unspecified atom stereocenters.